The average Bonchev–Trinajstić information content (AvgIpc) is 2.17. The highest BCUT2D eigenvalue weighted by molar-refractivity contribution is 5.47. The van der Waals surface area contributed by atoms with Gasteiger partial charge in [0, 0.05) is 11.9 Å². The summed E-state index contributed by atoms with van der Waals surface area (Å²) in [7, 11) is 0. The Labute approximate surface area is 91.3 Å². The number of hydrazine groups is 1. The third kappa shape index (κ3) is 4.04. The van der Waals surface area contributed by atoms with Gasteiger partial charge in [0.15, 0.2) is 0 Å². The number of benzene rings is 1. The highest BCUT2D eigenvalue weighted by Crippen LogP contribution is 2.12. The summed E-state index contributed by atoms with van der Waals surface area (Å²) in [5, 5.41) is 1.55. The van der Waals surface area contributed by atoms with Crippen molar-refractivity contribution in [1.82, 2.24) is 0 Å². The maximum absolute atomic E-state index is 5.85. The zero-order chi connectivity index (χ0) is 11.3. The van der Waals surface area contributed by atoms with Crippen molar-refractivity contribution in [2.24, 2.45) is 17.5 Å². The standard InChI is InChI=1S/C12H19N3/c1-10(2)8-11(13)9-15(14)12-6-4-3-5-7-12/h3-7,9-10H,8,13-14H2,1-2H3/b11-9-. The number of nitrogens with two attached hydrogens (primary N) is 2. The van der Waals surface area contributed by atoms with Gasteiger partial charge in [0.25, 0.3) is 0 Å². The second-order valence-corrected chi connectivity index (χ2v) is 4.04. The Hall–Kier alpha value is -1.48. The van der Waals surface area contributed by atoms with Crippen LogP contribution in [0.2, 0.25) is 0 Å². The molecule has 0 saturated heterocycles. The monoisotopic (exact) mass is 205 g/mol. The summed E-state index contributed by atoms with van der Waals surface area (Å²) >= 11 is 0. The summed E-state index contributed by atoms with van der Waals surface area (Å²) < 4.78 is 0. The molecule has 3 nitrogen and oxygen atoms in total. The third-order valence-corrected chi connectivity index (χ3v) is 2.00. The Morgan fingerprint density at radius 2 is 1.93 bits per heavy atom. The zero-order valence-electron chi connectivity index (χ0n) is 9.35. The van der Waals surface area contributed by atoms with Gasteiger partial charge in [-0.1, -0.05) is 32.0 Å². The van der Waals surface area contributed by atoms with Gasteiger partial charge in [0.05, 0.1) is 5.69 Å². The fourth-order valence-corrected chi connectivity index (χ4v) is 1.38. The molecule has 15 heavy (non-hydrogen) atoms. The summed E-state index contributed by atoms with van der Waals surface area (Å²) in [4.78, 5) is 0. The second kappa shape index (κ2) is 5.41. The Morgan fingerprint density at radius 3 is 2.47 bits per heavy atom. The van der Waals surface area contributed by atoms with Crippen molar-refractivity contribution in [2.45, 2.75) is 20.3 Å². The fourth-order valence-electron chi connectivity index (χ4n) is 1.38. The van der Waals surface area contributed by atoms with Crippen LogP contribution < -0.4 is 16.6 Å². The van der Waals surface area contributed by atoms with Gasteiger partial charge >= 0.3 is 0 Å². The molecule has 0 aliphatic carbocycles. The topological polar surface area (TPSA) is 55.3 Å². The van der Waals surface area contributed by atoms with Gasteiger partial charge in [-0.15, -0.1) is 0 Å². The molecule has 0 radical (unpaired) electrons. The van der Waals surface area contributed by atoms with E-state index in [0.29, 0.717) is 5.92 Å². The van der Waals surface area contributed by atoms with Crippen LogP contribution in [0.1, 0.15) is 20.3 Å². The lowest BCUT2D eigenvalue weighted by Gasteiger charge is -2.15. The van der Waals surface area contributed by atoms with E-state index in [9.17, 15) is 0 Å². The maximum Gasteiger partial charge on any atom is 0.0568 e. The van der Waals surface area contributed by atoms with Crippen LogP contribution >= 0.6 is 0 Å². The lowest BCUT2D eigenvalue weighted by molar-refractivity contribution is 0.636. The van der Waals surface area contributed by atoms with E-state index in [1.54, 1.807) is 11.2 Å². The summed E-state index contributed by atoms with van der Waals surface area (Å²) in [5.74, 6) is 6.40. The molecule has 4 N–H and O–H groups in total. The first-order valence-corrected chi connectivity index (χ1v) is 5.14. The van der Waals surface area contributed by atoms with Gasteiger partial charge in [-0.25, -0.2) is 5.84 Å². The minimum Gasteiger partial charge on any atom is -0.401 e. The van der Waals surface area contributed by atoms with Crippen molar-refractivity contribution in [1.29, 1.82) is 0 Å². The van der Waals surface area contributed by atoms with E-state index >= 15 is 0 Å². The Balaban J connectivity index is 2.66. The molecule has 0 saturated carbocycles. The molecule has 0 aliphatic heterocycles. The quantitative estimate of drug-likeness (QED) is 0.585. The van der Waals surface area contributed by atoms with Crippen molar-refractivity contribution >= 4 is 5.69 Å². The van der Waals surface area contributed by atoms with E-state index in [1.165, 1.54) is 0 Å². The molecule has 0 bridgehead atoms. The summed E-state index contributed by atoms with van der Waals surface area (Å²) in [6.07, 6.45) is 2.63. The minimum atomic E-state index is 0.547. The highest BCUT2D eigenvalue weighted by Gasteiger charge is 2.00. The molecular weight excluding hydrogens is 186 g/mol. The molecule has 0 fully saturated rings. The lowest BCUT2D eigenvalue weighted by Crippen LogP contribution is -2.26. The van der Waals surface area contributed by atoms with Gasteiger partial charge < -0.3 is 5.73 Å². The molecule has 0 heterocycles. The van der Waals surface area contributed by atoms with Gasteiger partial charge in [-0.2, -0.15) is 0 Å². The second-order valence-electron chi connectivity index (χ2n) is 4.04. The molecule has 0 atom stereocenters. The SMILES string of the molecule is CC(C)C/C(N)=C/N(N)c1ccccc1. The summed E-state index contributed by atoms with van der Waals surface area (Å²) in [6.45, 7) is 4.26. The third-order valence-electron chi connectivity index (χ3n) is 2.00. The van der Waals surface area contributed by atoms with Crippen LogP contribution in [0.15, 0.2) is 42.2 Å². The van der Waals surface area contributed by atoms with Gasteiger partial charge in [-0.3, -0.25) is 5.01 Å². The Kier molecular flexibility index (Phi) is 4.18. The largest absolute Gasteiger partial charge is 0.401 e. The van der Waals surface area contributed by atoms with Crippen LogP contribution in [0.3, 0.4) is 0 Å². The van der Waals surface area contributed by atoms with E-state index < -0.39 is 0 Å². The van der Waals surface area contributed by atoms with E-state index in [4.69, 9.17) is 11.6 Å². The van der Waals surface area contributed by atoms with Crippen molar-refractivity contribution in [3.05, 3.63) is 42.2 Å². The fraction of sp³-hybridized carbons (Fsp3) is 0.333. The molecule has 0 aliphatic rings. The molecule has 82 valence electrons. The molecule has 3 heteroatoms. The van der Waals surface area contributed by atoms with Crippen molar-refractivity contribution in [3.8, 4) is 0 Å². The van der Waals surface area contributed by atoms with Crippen LogP contribution in [0.4, 0.5) is 5.69 Å². The molecule has 0 spiro atoms. The summed E-state index contributed by atoms with van der Waals surface area (Å²) in [6, 6.07) is 9.74. The molecule has 0 unspecified atom stereocenters. The number of rotatable bonds is 4. The van der Waals surface area contributed by atoms with Crippen LogP contribution in [-0.2, 0) is 0 Å². The first-order valence-electron chi connectivity index (χ1n) is 5.14. The maximum atomic E-state index is 5.85. The number of nitrogens with zero attached hydrogens (tertiary/aromatic N) is 1. The zero-order valence-corrected chi connectivity index (χ0v) is 9.35. The molecule has 1 rings (SSSR count). The number of para-hydroxylation sites is 1. The van der Waals surface area contributed by atoms with E-state index in [2.05, 4.69) is 13.8 Å². The van der Waals surface area contributed by atoms with E-state index in [1.807, 2.05) is 30.3 Å². The number of hydrogen-bond donors (Lipinski definition) is 2. The molecule has 1 aromatic rings. The van der Waals surface area contributed by atoms with Crippen molar-refractivity contribution in [3.63, 3.8) is 0 Å². The molecule has 0 amide bonds. The smallest absolute Gasteiger partial charge is 0.0568 e. The van der Waals surface area contributed by atoms with Crippen molar-refractivity contribution < 1.29 is 0 Å². The predicted octanol–water partition coefficient (Wildman–Crippen LogP) is 2.21. The van der Waals surface area contributed by atoms with Gasteiger partial charge in [0.2, 0.25) is 0 Å². The van der Waals surface area contributed by atoms with Crippen LogP contribution in [0.25, 0.3) is 0 Å². The highest BCUT2D eigenvalue weighted by atomic mass is 15.4. The normalized spacial score (nSPS) is 11.9. The molecule has 0 aromatic heterocycles. The van der Waals surface area contributed by atoms with E-state index in [-0.39, 0.29) is 0 Å². The molecular formula is C12H19N3. The number of anilines is 1. The Morgan fingerprint density at radius 1 is 1.33 bits per heavy atom. The lowest BCUT2D eigenvalue weighted by atomic mass is 10.1. The Bertz CT molecular complexity index is 317. The van der Waals surface area contributed by atoms with Crippen molar-refractivity contribution in [2.75, 3.05) is 5.01 Å². The number of allylic oxidation sites excluding steroid dienone is 1. The first kappa shape index (κ1) is 11.6. The average molecular weight is 205 g/mol. The van der Waals surface area contributed by atoms with Gasteiger partial charge in [-0.05, 0) is 24.5 Å². The predicted molar refractivity (Wildman–Crippen MR) is 64.8 cm³/mol. The van der Waals surface area contributed by atoms with Crippen LogP contribution in [0, 0.1) is 5.92 Å². The van der Waals surface area contributed by atoms with Crippen LogP contribution in [-0.4, -0.2) is 0 Å². The molecule has 1 aromatic carbocycles. The number of hydrogen-bond acceptors (Lipinski definition) is 3. The van der Waals surface area contributed by atoms with Gasteiger partial charge in [0.1, 0.15) is 0 Å². The summed E-state index contributed by atoms with van der Waals surface area (Å²) in [5.41, 5.74) is 7.59. The first-order chi connectivity index (χ1) is 7.09. The van der Waals surface area contributed by atoms with E-state index in [0.717, 1.165) is 17.8 Å². The van der Waals surface area contributed by atoms with Crippen LogP contribution in [0.5, 0.6) is 0 Å². The minimum absolute atomic E-state index is 0.547.